The van der Waals surface area contributed by atoms with Crippen molar-refractivity contribution in [2.24, 2.45) is 11.8 Å². The Balaban J connectivity index is 1.95. The highest BCUT2D eigenvalue weighted by Gasteiger charge is 2.21. The standard InChI is InChI=1S/C17H22Cl2N2/c1-12-4-2-5-13(10-12)11-21-15-7-3-6-14(19)17(15)20-16(21)8-9-18/h3,6-7,12-13H,2,4-5,8-11H2,1H3. The van der Waals surface area contributed by atoms with E-state index < -0.39 is 0 Å². The largest absolute Gasteiger partial charge is 0.328 e. The number of alkyl halides is 1. The molecule has 1 aliphatic rings. The van der Waals surface area contributed by atoms with Crippen LogP contribution in [0.3, 0.4) is 0 Å². The normalized spacial score (nSPS) is 22.8. The van der Waals surface area contributed by atoms with Gasteiger partial charge in [-0.2, -0.15) is 0 Å². The van der Waals surface area contributed by atoms with Crippen LogP contribution in [-0.2, 0) is 13.0 Å². The maximum atomic E-state index is 6.30. The van der Waals surface area contributed by atoms with E-state index in [1.807, 2.05) is 12.1 Å². The molecule has 1 aromatic carbocycles. The Bertz CT molecular complexity index is 621. The molecule has 0 aliphatic heterocycles. The van der Waals surface area contributed by atoms with Crippen LogP contribution in [0.4, 0.5) is 0 Å². The van der Waals surface area contributed by atoms with Gasteiger partial charge in [0.25, 0.3) is 0 Å². The van der Waals surface area contributed by atoms with Crippen LogP contribution >= 0.6 is 23.2 Å². The Hall–Kier alpha value is -0.730. The van der Waals surface area contributed by atoms with E-state index in [-0.39, 0.29) is 0 Å². The van der Waals surface area contributed by atoms with Gasteiger partial charge in [-0.3, -0.25) is 0 Å². The molecule has 2 nitrogen and oxygen atoms in total. The SMILES string of the molecule is CC1CCCC(Cn2c(CCCl)nc3c(Cl)cccc32)C1. The lowest BCUT2D eigenvalue weighted by atomic mass is 9.82. The molecule has 2 unspecified atom stereocenters. The number of rotatable bonds is 4. The van der Waals surface area contributed by atoms with E-state index in [1.165, 1.54) is 25.7 Å². The van der Waals surface area contributed by atoms with Crippen LogP contribution < -0.4 is 0 Å². The zero-order chi connectivity index (χ0) is 14.8. The zero-order valence-corrected chi connectivity index (χ0v) is 14.0. The average molecular weight is 325 g/mol. The second kappa shape index (κ2) is 6.58. The van der Waals surface area contributed by atoms with Gasteiger partial charge in [-0.15, -0.1) is 11.6 Å². The van der Waals surface area contributed by atoms with Gasteiger partial charge in [0.1, 0.15) is 11.3 Å². The molecule has 4 heteroatoms. The fourth-order valence-electron chi connectivity index (χ4n) is 3.62. The van der Waals surface area contributed by atoms with Crippen LogP contribution in [0, 0.1) is 11.8 Å². The van der Waals surface area contributed by atoms with Crippen molar-refractivity contribution in [3.8, 4) is 0 Å². The lowest BCUT2D eigenvalue weighted by Gasteiger charge is -2.27. The van der Waals surface area contributed by atoms with Crippen LogP contribution in [0.25, 0.3) is 11.0 Å². The van der Waals surface area contributed by atoms with E-state index in [0.29, 0.717) is 5.88 Å². The first kappa shape index (κ1) is 15.2. The predicted molar refractivity (Wildman–Crippen MR) is 90.3 cm³/mol. The first-order chi connectivity index (χ1) is 10.2. The fourth-order valence-corrected chi connectivity index (χ4v) is 4.00. The summed E-state index contributed by atoms with van der Waals surface area (Å²) in [6.45, 7) is 3.42. The number of benzene rings is 1. The molecule has 2 atom stereocenters. The fraction of sp³-hybridized carbons (Fsp3) is 0.588. The van der Waals surface area contributed by atoms with Gasteiger partial charge in [0.15, 0.2) is 0 Å². The molecule has 0 spiro atoms. The molecule has 0 saturated heterocycles. The summed E-state index contributed by atoms with van der Waals surface area (Å²) in [5.74, 6) is 3.27. The number of fused-ring (bicyclic) bond motifs is 1. The van der Waals surface area contributed by atoms with E-state index in [9.17, 15) is 0 Å². The number of hydrogen-bond donors (Lipinski definition) is 0. The molecule has 21 heavy (non-hydrogen) atoms. The summed E-state index contributed by atoms with van der Waals surface area (Å²) in [5, 5.41) is 0.735. The first-order valence-corrected chi connectivity index (χ1v) is 8.80. The molecule has 0 bridgehead atoms. The van der Waals surface area contributed by atoms with E-state index in [1.54, 1.807) is 0 Å². The van der Waals surface area contributed by atoms with Gasteiger partial charge in [0.05, 0.1) is 10.5 Å². The third-order valence-corrected chi connectivity index (χ3v) is 5.11. The van der Waals surface area contributed by atoms with Crippen LogP contribution in [-0.4, -0.2) is 15.4 Å². The number of nitrogens with zero attached hydrogens (tertiary/aromatic N) is 2. The lowest BCUT2D eigenvalue weighted by Crippen LogP contribution is -2.19. The Morgan fingerprint density at radius 2 is 2.19 bits per heavy atom. The molecule has 0 amide bonds. The molecule has 1 heterocycles. The van der Waals surface area contributed by atoms with Crippen LogP contribution in [0.15, 0.2) is 18.2 Å². The Morgan fingerprint density at radius 3 is 2.95 bits per heavy atom. The molecular formula is C17H22Cl2N2. The van der Waals surface area contributed by atoms with Gasteiger partial charge >= 0.3 is 0 Å². The molecule has 0 radical (unpaired) electrons. The minimum absolute atomic E-state index is 0.599. The first-order valence-electron chi connectivity index (χ1n) is 7.88. The lowest BCUT2D eigenvalue weighted by molar-refractivity contribution is 0.257. The molecule has 2 aromatic rings. The van der Waals surface area contributed by atoms with E-state index in [4.69, 9.17) is 28.2 Å². The van der Waals surface area contributed by atoms with Gasteiger partial charge < -0.3 is 4.57 Å². The summed E-state index contributed by atoms with van der Waals surface area (Å²) in [6.07, 6.45) is 6.17. The third-order valence-electron chi connectivity index (χ3n) is 4.61. The second-order valence-electron chi connectivity index (χ2n) is 6.32. The number of aromatic nitrogens is 2. The van der Waals surface area contributed by atoms with Gasteiger partial charge in [0, 0.05) is 18.8 Å². The Labute approximate surface area is 136 Å². The van der Waals surface area contributed by atoms with Crippen molar-refractivity contribution in [1.82, 2.24) is 9.55 Å². The maximum absolute atomic E-state index is 6.30. The van der Waals surface area contributed by atoms with Gasteiger partial charge in [-0.1, -0.05) is 37.4 Å². The summed E-state index contributed by atoms with van der Waals surface area (Å²) in [7, 11) is 0. The molecule has 114 valence electrons. The Kier molecular flexibility index (Phi) is 4.75. The van der Waals surface area contributed by atoms with E-state index in [0.717, 1.165) is 46.7 Å². The van der Waals surface area contributed by atoms with Crippen molar-refractivity contribution >= 4 is 34.2 Å². The number of imidazole rings is 1. The minimum Gasteiger partial charge on any atom is -0.328 e. The predicted octanol–water partition coefficient (Wildman–Crippen LogP) is 5.30. The smallest absolute Gasteiger partial charge is 0.111 e. The monoisotopic (exact) mass is 324 g/mol. The third kappa shape index (κ3) is 3.22. The second-order valence-corrected chi connectivity index (χ2v) is 7.11. The summed E-state index contributed by atoms with van der Waals surface area (Å²) in [4.78, 5) is 4.73. The number of para-hydroxylation sites is 1. The quantitative estimate of drug-likeness (QED) is 0.698. The average Bonchev–Trinajstić information content (AvgIpc) is 2.79. The number of aryl methyl sites for hydroxylation is 1. The van der Waals surface area contributed by atoms with Crippen molar-refractivity contribution < 1.29 is 0 Å². The molecule has 1 fully saturated rings. The van der Waals surface area contributed by atoms with Gasteiger partial charge in [0.2, 0.25) is 0 Å². The summed E-state index contributed by atoms with van der Waals surface area (Å²) < 4.78 is 2.35. The molecule has 1 aliphatic carbocycles. The van der Waals surface area contributed by atoms with Crippen molar-refractivity contribution in [1.29, 1.82) is 0 Å². The molecule has 3 rings (SSSR count). The molecular weight excluding hydrogens is 303 g/mol. The number of halogens is 2. The minimum atomic E-state index is 0.599. The molecule has 1 saturated carbocycles. The highest BCUT2D eigenvalue weighted by molar-refractivity contribution is 6.34. The summed E-state index contributed by atoms with van der Waals surface area (Å²) in [6, 6.07) is 6.05. The highest BCUT2D eigenvalue weighted by atomic mass is 35.5. The van der Waals surface area contributed by atoms with Crippen molar-refractivity contribution in [3.05, 3.63) is 29.0 Å². The van der Waals surface area contributed by atoms with Crippen molar-refractivity contribution in [3.63, 3.8) is 0 Å². The summed E-state index contributed by atoms with van der Waals surface area (Å²) in [5.41, 5.74) is 2.07. The van der Waals surface area contributed by atoms with Crippen LogP contribution in [0.2, 0.25) is 5.02 Å². The molecule has 0 N–H and O–H groups in total. The van der Waals surface area contributed by atoms with E-state index in [2.05, 4.69) is 17.6 Å². The van der Waals surface area contributed by atoms with Crippen molar-refractivity contribution in [2.45, 2.75) is 45.6 Å². The molecule has 1 aromatic heterocycles. The summed E-state index contributed by atoms with van der Waals surface area (Å²) >= 11 is 12.3. The van der Waals surface area contributed by atoms with E-state index >= 15 is 0 Å². The van der Waals surface area contributed by atoms with Crippen LogP contribution in [0.5, 0.6) is 0 Å². The van der Waals surface area contributed by atoms with Crippen molar-refractivity contribution in [2.75, 3.05) is 5.88 Å². The topological polar surface area (TPSA) is 17.8 Å². The van der Waals surface area contributed by atoms with Crippen LogP contribution in [0.1, 0.15) is 38.4 Å². The maximum Gasteiger partial charge on any atom is 0.111 e. The zero-order valence-electron chi connectivity index (χ0n) is 12.5. The van der Waals surface area contributed by atoms with Gasteiger partial charge in [-0.25, -0.2) is 4.98 Å². The number of hydrogen-bond acceptors (Lipinski definition) is 1. The highest BCUT2D eigenvalue weighted by Crippen LogP contribution is 2.32. The Morgan fingerprint density at radius 1 is 1.33 bits per heavy atom. The van der Waals surface area contributed by atoms with Gasteiger partial charge in [-0.05, 0) is 36.8 Å².